The predicted molar refractivity (Wildman–Crippen MR) is 63.7 cm³/mol. The molecule has 1 atom stereocenters. The van der Waals surface area contributed by atoms with Crippen LogP contribution in [-0.2, 0) is 9.53 Å². The van der Waals surface area contributed by atoms with Gasteiger partial charge < -0.3 is 4.74 Å². The molecule has 0 aliphatic heterocycles. The zero-order chi connectivity index (χ0) is 12.4. The van der Waals surface area contributed by atoms with Crippen molar-refractivity contribution in [2.24, 2.45) is 5.92 Å². The van der Waals surface area contributed by atoms with Gasteiger partial charge in [0.1, 0.15) is 12.0 Å². The second kappa shape index (κ2) is 9.21. The largest absolute Gasteiger partial charge is 0.461 e. The summed E-state index contributed by atoms with van der Waals surface area (Å²) in [4.78, 5) is 11.5. The third-order valence-corrected chi connectivity index (χ3v) is 2.59. The molecule has 16 heavy (non-hydrogen) atoms. The van der Waals surface area contributed by atoms with Gasteiger partial charge in [-0.2, -0.15) is 5.26 Å². The minimum atomic E-state index is -0.647. The summed E-state index contributed by atoms with van der Waals surface area (Å²) in [5.74, 6) is -1.02. The van der Waals surface area contributed by atoms with E-state index in [9.17, 15) is 4.79 Å². The molecule has 0 fully saturated rings. The zero-order valence-corrected chi connectivity index (χ0v) is 10.7. The Kier molecular flexibility index (Phi) is 8.61. The molecule has 0 amide bonds. The van der Waals surface area contributed by atoms with Gasteiger partial charge in [0.05, 0.1) is 6.07 Å². The van der Waals surface area contributed by atoms with Crippen LogP contribution >= 0.6 is 0 Å². The molecule has 0 spiro atoms. The van der Waals surface area contributed by atoms with E-state index in [-0.39, 0.29) is 12.1 Å². The SMILES string of the molecule is CCCCC(CCCC)OC(=O)C(C)C#N. The van der Waals surface area contributed by atoms with Crippen LogP contribution in [0.2, 0.25) is 0 Å². The molecule has 0 saturated carbocycles. The Balaban J connectivity index is 4.08. The molecule has 0 aromatic rings. The van der Waals surface area contributed by atoms with Crippen LogP contribution in [0.1, 0.15) is 59.3 Å². The van der Waals surface area contributed by atoms with E-state index in [1.54, 1.807) is 6.92 Å². The first-order valence-electron chi connectivity index (χ1n) is 6.25. The Morgan fingerprint density at radius 3 is 2.12 bits per heavy atom. The Bertz CT molecular complexity index is 225. The van der Waals surface area contributed by atoms with Gasteiger partial charge >= 0.3 is 5.97 Å². The molecule has 0 aromatic carbocycles. The van der Waals surface area contributed by atoms with Gasteiger partial charge in [0.25, 0.3) is 0 Å². The van der Waals surface area contributed by atoms with Crippen LogP contribution in [0.5, 0.6) is 0 Å². The van der Waals surface area contributed by atoms with Gasteiger partial charge in [0.2, 0.25) is 0 Å². The summed E-state index contributed by atoms with van der Waals surface area (Å²) in [5.41, 5.74) is 0. The highest BCUT2D eigenvalue weighted by Gasteiger charge is 2.18. The summed E-state index contributed by atoms with van der Waals surface area (Å²) in [7, 11) is 0. The number of ether oxygens (including phenoxy) is 1. The number of hydrogen-bond donors (Lipinski definition) is 0. The van der Waals surface area contributed by atoms with Crippen LogP contribution in [0.4, 0.5) is 0 Å². The van der Waals surface area contributed by atoms with E-state index in [2.05, 4.69) is 13.8 Å². The van der Waals surface area contributed by atoms with Crippen molar-refractivity contribution in [2.45, 2.75) is 65.4 Å². The van der Waals surface area contributed by atoms with Gasteiger partial charge in [0, 0.05) is 0 Å². The Morgan fingerprint density at radius 1 is 1.25 bits per heavy atom. The van der Waals surface area contributed by atoms with Crippen molar-refractivity contribution in [1.29, 1.82) is 5.26 Å². The molecule has 0 rings (SSSR count). The number of rotatable bonds is 8. The summed E-state index contributed by atoms with van der Waals surface area (Å²) in [5, 5.41) is 8.62. The molecular weight excluding hydrogens is 202 g/mol. The Hall–Kier alpha value is -1.04. The maximum absolute atomic E-state index is 11.5. The van der Waals surface area contributed by atoms with Gasteiger partial charge in [-0.1, -0.05) is 39.5 Å². The van der Waals surface area contributed by atoms with Crippen molar-refractivity contribution in [3.63, 3.8) is 0 Å². The molecule has 0 aromatic heterocycles. The molecule has 0 heterocycles. The first-order chi connectivity index (χ1) is 7.65. The molecule has 3 nitrogen and oxygen atoms in total. The van der Waals surface area contributed by atoms with E-state index in [1.807, 2.05) is 6.07 Å². The highest BCUT2D eigenvalue weighted by Crippen LogP contribution is 2.14. The molecule has 0 saturated heterocycles. The van der Waals surface area contributed by atoms with Gasteiger partial charge in [-0.15, -0.1) is 0 Å². The van der Waals surface area contributed by atoms with E-state index < -0.39 is 5.92 Å². The number of esters is 1. The van der Waals surface area contributed by atoms with Crippen molar-refractivity contribution in [3.8, 4) is 6.07 Å². The number of carbonyl (C=O) groups is 1. The average molecular weight is 225 g/mol. The molecule has 3 heteroatoms. The quantitative estimate of drug-likeness (QED) is 0.594. The second-order valence-electron chi connectivity index (χ2n) is 4.19. The van der Waals surface area contributed by atoms with Crippen LogP contribution in [0, 0.1) is 17.2 Å². The van der Waals surface area contributed by atoms with Crippen LogP contribution in [0.3, 0.4) is 0 Å². The van der Waals surface area contributed by atoms with Gasteiger partial charge in [-0.3, -0.25) is 4.79 Å². The minimum absolute atomic E-state index is 0.00296. The average Bonchev–Trinajstić information content (AvgIpc) is 2.31. The van der Waals surface area contributed by atoms with Crippen LogP contribution in [0.25, 0.3) is 0 Å². The summed E-state index contributed by atoms with van der Waals surface area (Å²) < 4.78 is 5.35. The topological polar surface area (TPSA) is 50.1 Å². The van der Waals surface area contributed by atoms with E-state index in [0.717, 1.165) is 38.5 Å². The number of nitrogens with zero attached hydrogens (tertiary/aromatic N) is 1. The van der Waals surface area contributed by atoms with Gasteiger partial charge in [-0.05, 0) is 19.8 Å². The molecule has 0 bridgehead atoms. The summed E-state index contributed by atoms with van der Waals surface area (Å²) >= 11 is 0. The standard InChI is InChI=1S/C13H23NO2/c1-4-6-8-12(9-7-5-2)16-13(15)11(3)10-14/h11-12H,4-9H2,1-3H3. The number of nitriles is 1. The molecule has 0 radical (unpaired) electrons. The number of carbonyl (C=O) groups excluding carboxylic acids is 1. The first kappa shape index (κ1) is 15.0. The fraction of sp³-hybridized carbons (Fsp3) is 0.846. The highest BCUT2D eigenvalue weighted by molar-refractivity contribution is 5.74. The predicted octanol–water partition coefficient (Wildman–Crippen LogP) is 3.44. The summed E-state index contributed by atoms with van der Waals surface area (Å²) in [6, 6.07) is 1.91. The smallest absolute Gasteiger partial charge is 0.323 e. The van der Waals surface area contributed by atoms with Crippen molar-refractivity contribution in [1.82, 2.24) is 0 Å². The van der Waals surface area contributed by atoms with Crippen LogP contribution in [-0.4, -0.2) is 12.1 Å². The van der Waals surface area contributed by atoms with E-state index >= 15 is 0 Å². The first-order valence-corrected chi connectivity index (χ1v) is 6.25. The molecule has 1 unspecified atom stereocenters. The second-order valence-corrected chi connectivity index (χ2v) is 4.19. The lowest BCUT2D eigenvalue weighted by atomic mass is 10.1. The van der Waals surface area contributed by atoms with E-state index in [0.29, 0.717) is 0 Å². The van der Waals surface area contributed by atoms with Crippen LogP contribution in [0.15, 0.2) is 0 Å². The minimum Gasteiger partial charge on any atom is -0.461 e. The lowest BCUT2D eigenvalue weighted by Crippen LogP contribution is -2.22. The summed E-state index contributed by atoms with van der Waals surface area (Å²) in [6.07, 6.45) is 6.19. The molecule has 0 aliphatic rings. The fourth-order valence-corrected chi connectivity index (χ4v) is 1.44. The monoisotopic (exact) mass is 225 g/mol. The normalized spacial score (nSPS) is 12.2. The van der Waals surface area contributed by atoms with Crippen molar-refractivity contribution in [2.75, 3.05) is 0 Å². The lowest BCUT2D eigenvalue weighted by Gasteiger charge is -2.18. The van der Waals surface area contributed by atoms with E-state index in [4.69, 9.17) is 10.00 Å². The molecular formula is C13H23NO2. The number of unbranched alkanes of at least 4 members (excludes halogenated alkanes) is 2. The highest BCUT2D eigenvalue weighted by atomic mass is 16.5. The maximum atomic E-state index is 11.5. The molecule has 0 N–H and O–H groups in total. The van der Waals surface area contributed by atoms with Gasteiger partial charge in [-0.25, -0.2) is 0 Å². The number of hydrogen-bond acceptors (Lipinski definition) is 3. The van der Waals surface area contributed by atoms with Crippen LogP contribution < -0.4 is 0 Å². The van der Waals surface area contributed by atoms with Crippen molar-refractivity contribution >= 4 is 5.97 Å². The Labute approximate surface area is 98.8 Å². The molecule has 0 aliphatic carbocycles. The van der Waals surface area contributed by atoms with Crippen molar-refractivity contribution in [3.05, 3.63) is 0 Å². The fourth-order valence-electron chi connectivity index (χ4n) is 1.44. The van der Waals surface area contributed by atoms with Gasteiger partial charge in [0.15, 0.2) is 0 Å². The zero-order valence-electron chi connectivity index (χ0n) is 10.7. The maximum Gasteiger partial charge on any atom is 0.323 e. The third-order valence-electron chi connectivity index (χ3n) is 2.59. The Morgan fingerprint density at radius 2 is 1.75 bits per heavy atom. The third kappa shape index (κ3) is 6.44. The van der Waals surface area contributed by atoms with Crippen molar-refractivity contribution < 1.29 is 9.53 Å². The summed E-state index contributed by atoms with van der Waals surface area (Å²) in [6.45, 7) is 5.83. The molecule has 92 valence electrons. The lowest BCUT2D eigenvalue weighted by molar-refractivity contribution is -0.152. The van der Waals surface area contributed by atoms with E-state index in [1.165, 1.54) is 0 Å².